The third kappa shape index (κ3) is 2.66. The average Bonchev–Trinajstić information content (AvgIpc) is 2.39. The fourth-order valence-corrected chi connectivity index (χ4v) is 3.41. The van der Waals surface area contributed by atoms with Gasteiger partial charge in [0.1, 0.15) is 0 Å². The Kier molecular flexibility index (Phi) is 3.89. The van der Waals surface area contributed by atoms with E-state index < -0.39 is 10.2 Å². The van der Waals surface area contributed by atoms with Gasteiger partial charge in [-0.25, -0.2) is 0 Å². The summed E-state index contributed by atoms with van der Waals surface area (Å²) >= 11 is 0. The average molecular weight is 269 g/mol. The van der Waals surface area contributed by atoms with Crippen molar-refractivity contribution in [2.75, 3.05) is 23.9 Å². The lowest BCUT2D eigenvalue weighted by Crippen LogP contribution is -2.53. The molecular weight excluding hydrogens is 250 g/mol. The van der Waals surface area contributed by atoms with Gasteiger partial charge in [-0.1, -0.05) is 19.1 Å². The first-order valence-corrected chi connectivity index (χ1v) is 7.57. The third-order valence-corrected chi connectivity index (χ3v) is 4.71. The predicted octanol–water partition coefficient (Wildman–Crippen LogP) is 0.478. The summed E-state index contributed by atoms with van der Waals surface area (Å²) in [6.07, 6.45) is 0.941. The molecule has 100 valence electrons. The zero-order chi connectivity index (χ0) is 13.2. The van der Waals surface area contributed by atoms with Crippen molar-refractivity contribution in [1.82, 2.24) is 4.72 Å². The van der Waals surface area contributed by atoms with E-state index in [1.54, 1.807) is 0 Å². The maximum Gasteiger partial charge on any atom is 0.301 e. The Labute approximate surface area is 108 Å². The minimum atomic E-state index is -3.41. The van der Waals surface area contributed by atoms with E-state index in [0.717, 1.165) is 6.42 Å². The van der Waals surface area contributed by atoms with Crippen LogP contribution in [0, 0.1) is 5.92 Å². The Balaban J connectivity index is 2.27. The van der Waals surface area contributed by atoms with Crippen LogP contribution in [-0.2, 0) is 16.6 Å². The number of nitrogens with one attached hydrogen (secondary N) is 1. The Morgan fingerprint density at radius 1 is 1.39 bits per heavy atom. The highest BCUT2D eigenvalue weighted by Crippen LogP contribution is 2.22. The number of rotatable bonds is 3. The van der Waals surface area contributed by atoms with E-state index in [2.05, 4.69) is 11.6 Å². The molecule has 1 aromatic carbocycles. The van der Waals surface area contributed by atoms with Gasteiger partial charge in [-0.15, -0.1) is 0 Å². The summed E-state index contributed by atoms with van der Waals surface area (Å²) in [6.45, 7) is 3.41. The normalized spacial score (nSPS) is 23.0. The van der Waals surface area contributed by atoms with E-state index in [1.807, 2.05) is 24.3 Å². The van der Waals surface area contributed by atoms with Gasteiger partial charge in [0.25, 0.3) is 0 Å². The molecule has 1 aliphatic rings. The van der Waals surface area contributed by atoms with Crippen molar-refractivity contribution in [2.45, 2.75) is 13.3 Å². The van der Waals surface area contributed by atoms with Crippen LogP contribution in [0.1, 0.15) is 12.5 Å². The van der Waals surface area contributed by atoms with Crippen molar-refractivity contribution in [3.63, 3.8) is 0 Å². The van der Waals surface area contributed by atoms with Crippen LogP contribution in [0.3, 0.4) is 0 Å². The standard InChI is InChI=1S/C12H19N3O2S/c1-2-10-3-5-12(6-4-10)15-9-11(7-13)8-14-18(15,16)17/h3-6,11,14H,2,7-9,13H2,1H3. The smallest absolute Gasteiger partial charge is 0.301 e. The molecule has 2 rings (SSSR count). The van der Waals surface area contributed by atoms with Crippen molar-refractivity contribution >= 4 is 15.9 Å². The maximum atomic E-state index is 12.0. The predicted molar refractivity (Wildman–Crippen MR) is 72.6 cm³/mol. The zero-order valence-electron chi connectivity index (χ0n) is 10.5. The lowest BCUT2D eigenvalue weighted by Gasteiger charge is -2.33. The SMILES string of the molecule is CCc1ccc(N2CC(CN)CNS2(=O)=O)cc1. The van der Waals surface area contributed by atoms with Gasteiger partial charge in [-0.3, -0.25) is 4.31 Å². The highest BCUT2D eigenvalue weighted by atomic mass is 32.2. The van der Waals surface area contributed by atoms with Crippen LogP contribution >= 0.6 is 0 Å². The molecule has 1 fully saturated rings. The third-order valence-electron chi connectivity index (χ3n) is 3.23. The van der Waals surface area contributed by atoms with Gasteiger partial charge in [-0.05, 0) is 30.7 Å². The molecule has 0 spiro atoms. The summed E-state index contributed by atoms with van der Waals surface area (Å²) in [7, 11) is -3.41. The highest BCUT2D eigenvalue weighted by molar-refractivity contribution is 7.90. The number of anilines is 1. The van der Waals surface area contributed by atoms with E-state index in [1.165, 1.54) is 9.87 Å². The molecule has 1 saturated heterocycles. The van der Waals surface area contributed by atoms with Crippen LogP contribution in [0.4, 0.5) is 5.69 Å². The van der Waals surface area contributed by atoms with Crippen LogP contribution in [-0.4, -0.2) is 28.1 Å². The zero-order valence-corrected chi connectivity index (χ0v) is 11.3. The molecular formula is C12H19N3O2S. The van der Waals surface area contributed by atoms with E-state index in [9.17, 15) is 8.42 Å². The Morgan fingerprint density at radius 3 is 2.61 bits per heavy atom. The van der Waals surface area contributed by atoms with Gasteiger partial charge in [0.2, 0.25) is 0 Å². The van der Waals surface area contributed by atoms with Gasteiger partial charge in [0.05, 0.1) is 5.69 Å². The number of nitrogens with zero attached hydrogens (tertiary/aromatic N) is 1. The molecule has 0 saturated carbocycles. The number of nitrogens with two attached hydrogens (primary N) is 1. The largest absolute Gasteiger partial charge is 0.330 e. The topological polar surface area (TPSA) is 75.4 Å². The molecule has 1 aromatic rings. The van der Waals surface area contributed by atoms with Gasteiger partial charge < -0.3 is 5.73 Å². The molecule has 0 bridgehead atoms. The molecule has 0 aromatic heterocycles. The van der Waals surface area contributed by atoms with Gasteiger partial charge >= 0.3 is 10.2 Å². The van der Waals surface area contributed by atoms with E-state index in [4.69, 9.17) is 5.73 Å². The second-order valence-electron chi connectivity index (χ2n) is 4.51. The summed E-state index contributed by atoms with van der Waals surface area (Å²) in [5.74, 6) is 0.152. The molecule has 0 aliphatic carbocycles. The highest BCUT2D eigenvalue weighted by Gasteiger charge is 2.30. The minimum absolute atomic E-state index is 0.152. The summed E-state index contributed by atoms with van der Waals surface area (Å²) in [5, 5.41) is 0. The molecule has 1 atom stereocenters. The number of hydrogen-bond donors (Lipinski definition) is 2. The fraction of sp³-hybridized carbons (Fsp3) is 0.500. The lowest BCUT2D eigenvalue weighted by atomic mass is 10.1. The lowest BCUT2D eigenvalue weighted by molar-refractivity contribution is 0.486. The molecule has 0 amide bonds. The van der Waals surface area contributed by atoms with Crippen molar-refractivity contribution < 1.29 is 8.42 Å². The molecule has 18 heavy (non-hydrogen) atoms. The van der Waals surface area contributed by atoms with Crippen molar-refractivity contribution in [3.8, 4) is 0 Å². The van der Waals surface area contributed by atoms with Crippen molar-refractivity contribution in [1.29, 1.82) is 0 Å². The quantitative estimate of drug-likeness (QED) is 0.838. The molecule has 3 N–H and O–H groups in total. The monoisotopic (exact) mass is 269 g/mol. The Morgan fingerprint density at radius 2 is 2.06 bits per heavy atom. The second-order valence-corrected chi connectivity index (χ2v) is 6.19. The first kappa shape index (κ1) is 13.3. The van der Waals surface area contributed by atoms with E-state index >= 15 is 0 Å². The van der Waals surface area contributed by atoms with Crippen LogP contribution in [0.25, 0.3) is 0 Å². The molecule has 0 radical (unpaired) electrons. The Bertz CT molecular complexity index is 499. The number of benzene rings is 1. The molecule has 6 heteroatoms. The summed E-state index contributed by atoms with van der Waals surface area (Å²) in [6, 6.07) is 7.60. The van der Waals surface area contributed by atoms with Crippen LogP contribution in [0.5, 0.6) is 0 Å². The first-order chi connectivity index (χ1) is 8.56. The number of aryl methyl sites for hydroxylation is 1. The van der Waals surface area contributed by atoms with Crippen LogP contribution in [0.15, 0.2) is 24.3 Å². The van der Waals surface area contributed by atoms with E-state index in [-0.39, 0.29) is 5.92 Å². The second kappa shape index (κ2) is 5.26. The molecule has 1 aliphatic heterocycles. The summed E-state index contributed by atoms with van der Waals surface area (Å²) in [5.41, 5.74) is 7.50. The number of hydrogen-bond acceptors (Lipinski definition) is 3. The van der Waals surface area contributed by atoms with Gasteiger partial charge in [-0.2, -0.15) is 13.1 Å². The molecule has 1 heterocycles. The van der Waals surface area contributed by atoms with Crippen molar-refractivity contribution in [2.24, 2.45) is 11.7 Å². The summed E-state index contributed by atoms with van der Waals surface area (Å²) < 4.78 is 27.9. The van der Waals surface area contributed by atoms with Crippen LogP contribution in [0.2, 0.25) is 0 Å². The fourth-order valence-electron chi connectivity index (χ4n) is 2.00. The van der Waals surface area contributed by atoms with Gasteiger partial charge in [0.15, 0.2) is 0 Å². The first-order valence-electron chi connectivity index (χ1n) is 6.13. The van der Waals surface area contributed by atoms with Crippen LogP contribution < -0.4 is 14.8 Å². The van der Waals surface area contributed by atoms with Gasteiger partial charge in [0, 0.05) is 19.0 Å². The molecule has 5 nitrogen and oxygen atoms in total. The van der Waals surface area contributed by atoms with Crippen molar-refractivity contribution in [3.05, 3.63) is 29.8 Å². The Hall–Kier alpha value is -1.11. The summed E-state index contributed by atoms with van der Waals surface area (Å²) in [4.78, 5) is 0. The maximum absolute atomic E-state index is 12.0. The molecule has 1 unspecified atom stereocenters. The van der Waals surface area contributed by atoms with E-state index in [0.29, 0.717) is 25.3 Å². The minimum Gasteiger partial charge on any atom is -0.330 e.